The summed E-state index contributed by atoms with van der Waals surface area (Å²) in [6, 6.07) is 13.2. The molecule has 204 valence electrons. The van der Waals surface area contributed by atoms with Crippen molar-refractivity contribution in [2.45, 2.75) is 14.7 Å². The fourth-order valence-electron chi connectivity index (χ4n) is 4.70. The van der Waals surface area contributed by atoms with Crippen molar-refractivity contribution in [1.29, 1.82) is 0 Å². The first-order chi connectivity index (χ1) is 18.7. The van der Waals surface area contributed by atoms with Crippen LogP contribution in [0.1, 0.15) is 11.4 Å². The van der Waals surface area contributed by atoms with Crippen LogP contribution in [0.3, 0.4) is 0 Å². The Morgan fingerprint density at radius 2 is 1.10 bits per heavy atom. The van der Waals surface area contributed by atoms with E-state index in [1.807, 2.05) is 0 Å². The van der Waals surface area contributed by atoms with E-state index in [0.29, 0.717) is 16.6 Å². The summed E-state index contributed by atoms with van der Waals surface area (Å²) in [6.07, 6.45) is 2.23. The van der Waals surface area contributed by atoms with Gasteiger partial charge >= 0.3 is 0 Å². The van der Waals surface area contributed by atoms with Crippen molar-refractivity contribution in [3.05, 3.63) is 66.0 Å². The number of fused-ring (bicyclic) bond motifs is 11. The lowest BCUT2D eigenvalue weighted by Gasteiger charge is -2.03. The summed E-state index contributed by atoms with van der Waals surface area (Å²) in [5.41, 5.74) is -0.208. The summed E-state index contributed by atoms with van der Waals surface area (Å²) in [7, 11) is -14.9. The molecule has 2 aliphatic heterocycles. The van der Waals surface area contributed by atoms with Crippen molar-refractivity contribution >= 4 is 64.6 Å². The van der Waals surface area contributed by atoms with Crippen molar-refractivity contribution < 1.29 is 38.9 Å². The average molecular weight is 601 g/mol. The summed E-state index contributed by atoms with van der Waals surface area (Å²) in [6.45, 7) is 0. The molecule has 8 bridgehead atoms. The first kappa shape index (κ1) is 26.1. The van der Waals surface area contributed by atoms with Crippen LogP contribution in [-0.4, -0.2) is 58.8 Å². The van der Waals surface area contributed by atoms with Crippen LogP contribution in [0.15, 0.2) is 69.3 Å². The molecule has 0 saturated carbocycles. The maximum Gasteiger partial charge on any atom is 0.298 e. The molecule has 0 amide bonds. The minimum atomic E-state index is -5.05. The number of H-pyrrole nitrogens is 2. The van der Waals surface area contributed by atoms with Gasteiger partial charge in [-0.2, -0.15) is 25.3 Å². The third kappa shape index (κ3) is 4.32. The zero-order chi connectivity index (χ0) is 28.6. The Kier molecular flexibility index (Phi) is 5.64. The van der Waals surface area contributed by atoms with Gasteiger partial charge in [0.1, 0.15) is 14.7 Å². The predicted octanol–water partition coefficient (Wildman–Crippen LogP) is 3.56. The highest BCUT2D eigenvalue weighted by Gasteiger charge is 2.29. The quantitative estimate of drug-likeness (QED) is 0.185. The molecule has 0 spiro atoms. The highest BCUT2D eigenvalue weighted by Crippen LogP contribution is 2.40. The third-order valence-corrected chi connectivity index (χ3v) is 9.02. The van der Waals surface area contributed by atoms with Crippen LogP contribution in [-0.2, 0) is 30.4 Å². The standard InChI is InChI=1S/C24H16N4O9S3/c29-38(30,31)22-15-6-5-12(25-15)11-20-13-3-1-2-4-14(13)21(28-20)24(40(35,36)37)19-10-9-18(27-19)23(39(32,33)34)17-8-7-16(22)26-17/h1-11,25-26H,(H,29,30,31)(H,32,33,34)(H,35,36,37). The van der Waals surface area contributed by atoms with E-state index in [1.54, 1.807) is 24.3 Å². The Hall–Kier alpha value is -4.19. The minimum Gasteiger partial charge on any atom is -0.354 e. The van der Waals surface area contributed by atoms with Gasteiger partial charge in [0.05, 0.1) is 39.3 Å². The lowest BCUT2D eigenvalue weighted by atomic mass is 10.0. The molecule has 13 nitrogen and oxygen atoms in total. The van der Waals surface area contributed by atoms with Gasteiger partial charge in [0.2, 0.25) is 0 Å². The van der Waals surface area contributed by atoms with Gasteiger partial charge in [-0.15, -0.1) is 0 Å². The van der Waals surface area contributed by atoms with Crippen molar-refractivity contribution in [2.75, 3.05) is 0 Å². The van der Waals surface area contributed by atoms with Gasteiger partial charge in [-0.25, -0.2) is 9.97 Å². The Bertz CT molecular complexity index is 2300. The predicted molar refractivity (Wildman–Crippen MR) is 144 cm³/mol. The number of nitrogens with one attached hydrogen (secondary N) is 2. The molecule has 40 heavy (non-hydrogen) atoms. The number of benzene rings is 1. The zero-order valence-corrected chi connectivity index (χ0v) is 22.2. The maximum absolute atomic E-state index is 12.6. The second-order valence-electron chi connectivity index (χ2n) is 8.78. The van der Waals surface area contributed by atoms with Crippen LogP contribution in [0.4, 0.5) is 0 Å². The molecule has 0 saturated heterocycles. The first-order valence-corrected chi connectivity index (χ1v) is 15.5. The second kappa shape index (κ2) is 8.65. The Morgan fingerprint density at radius 1 is 0.575 bits per heavy atom. The molecule has 4 aromatic rings. The van der Waals surface area contributed by atoms with E-state index in [1.165, 1.54) is 24.3 Å². The normalized spacial score (nSPS) is 13.4. The Balaban J connectivity index is 1.93. The van der Waals surface area contributed by atoms with Crippen molar-refractivity contribution in [3.63, 3.8) is 0 Å². The van der Waals surface area contributed by atoms with Crippen molar-refractivity contribution in [3.8, 4) is 22.5 Å². The zero-order valence-electron chi connectivity index (χ0n) is 19.8. The van der Waals surface area contributed by atoms with Gasteiger partial charge in [-0.3, -0.25) is 13.7 Å². The molecular formula is C24H16N4O9S3. The van der Waals surface area contributed by atoms with Crippen LogP contribution in [0, 0.1) is 0 Å². The smallest absolute Gasteiger partial charge is 0.298 e. The van der Waals surface area contributed by atoms with Crippen LogP contribution < -0.4 is 0 Å². The first-order valence-electron chi connectivity index (χ1n) is 11.2. The minimum absolute atomic E-state index is 0.0716. The van der Waals surface area contributed by atoms with Gasteiger partial charge in [0, 0.05) is 16.6 Å². The molecule has 1 aromatic carbocycles. The molecule has 5 N–H and O–H groups in total. The number of aromatic amines is 2. The summed E-state index contributed by atoms with van der Waals surface area (Å²) in [4.78, 5) is 11.8. The van der Waals surface area contributed by atoms with Crippen LogP contribution in [0.5, 0.6) is 0 Å². The monoisotopic (exact) mass is 600 g/mol. The van der Waals surface area contributed by atoms with Gasteiger partial charge in [-0.1, -0.05) is 24.3 Å². The summed E-state index contributed by atoms with van der Waals surface area (Å²) >= 11 is 0. The molecule has 0 radical (unpaired) electrons. The Labute approximate surface area is 226 Å². The number of aromatic nitrogens is 4. The van der Waals surface area contributed by atoms with Gasteiger partial charge in [0.25, 0.3) is 30.4 Å². The van der Waals surface area contributed by atoms with E-state index in [2.05, 4.69) is 19.9 Å². The summed E-state index contributed by atoms with van der Waals surface area (Å²) < 4.78 is 105. The van der Waals surface area contributed by atoms with Crippen molar-refractivity contribution in [1.82, 2.24) is 19.9 Å². The highest BCUT2D eigenvalue weighted by atomic mass is 32.2. The SMILES string of the molecule is O=S(=O)(O)c1c2nc(c(S(=O)(=O)O)c3ccc([nH]3)c(S(=O)(=O)O)c3ccc(cc4nc1-c1ccccc1-4)[nH]3)C=C2. The van der Waals surface area contributed by atoms with E-state index in [-0.39, 0.29) is 33.6 Å². The average Bonchev–Trinajstić information content (AvgIpc) is 3.62. The molecule has 0 atom stereocenters. The summed E-state index contributed by atoms with van der Waals surface area (Å²) in [5, 5.41) is 0. The molecule has 6 rings (SSSR count). The highest BCUT2D eigenvalue weighted by molar-refractivity contribution is 7.86. The lowest BCUT2D eigenvalue weighted by molar-refractivity contribution is 0.481. The van der Waals surface area contributed by atoms with Gasteiger partial charge in [0.15, 0.2) is 0 Å². The second-order valence-corrected chi connectivity index (χ2v) is 12.9. The third-order valence-electron chi connectivity index (χ3n) is 6.21. The number of hydrogen-bond donors (Lipinski definition) is 5. The topological polar surface area (TPSA) is 220 Å². The van der Waals surface area contributed by atoms with Crippen LogP contribution in [0.25, 0.3) is 56.7 Å². The van der Waals surface area contributed by atoms with Crippen LogP contribution in [0.2, 0.25) is 0 Å². The molecule has 5 heterocycles. The number of nitrogens with zero attached hydrogens (tertiary/aromatic N) is 2. The van der Waals surface area contributed by atoms with E-state index in [4.69, 9.17) is 0 Å². The number of rotatable bonds is 3. The fraction of sp³-hybridized carbons (Fsp3) is 0. The fourth-order valence-corrected chi connectivity index (χ4v) is 7.04. The van der Waals surface area contributed by atoms with E-state index in [9.17, 15) is 38.9 Å². The molecule has 0 aliphatic carbocycles. The molecule has 3 aromatic heterocycles. The van der Waals surface area contributed by atoms with Gasteiger partial charge < -0.3 is 9.97 Å². The molecular weight excluding hydrogens is 584 g/mol. The van der Waals surface area contributed by atoms with Crippen LogP contribution >= 0.6 is 0 Å². The van der Waals surface area contributed by atoms with E-state index < -0.39 is 50.7 Å². The van der Waals surface area contributed by atoms with Crippen molar-refractivity contribution in [2.24, 2.45) is 0 Å². The molecule has 2 aliphatic rings. The lowest BCUT2D eigenvalue weighted by Crippen LogP contribution is -2.04. The number of hydrogen-bond acceptors (Lipinski definition) is 8. The van der Waals surface area contributed by atoms with E-state index in [0.717, 1.165) is 18.2 Å². The maximum atomic E-state index is 12.6. The molecule has 0 unspecified atom stereocenters. The molecule has 16 heteroatoms. The Morgan fingerprint density at radius 3 is 1.73 bits per heavy atom. The molecule has 0 fully saturated rings. The van der Waals surface area contributed by atoms with Gasteiger partial charge in [-0.05, 0) is 42.5 Å². The van der Waals surface area contributed by atoms with E-state index >= 15 is 0 Å². The largest absolute Gasteiger partial charge is 0.354 e. The summed E-state index contributed by atoms with van der Waals surface area (Å²) in [5.74, 6) is 0.